The van der Waals surface area contributed by atoms with Gasteiger partial charge in [-0.05, 0) is 32.9 Å². The summed E-state index contributed by atoms with van der Waals surface area (Å²) in [5, 5.41) is 26.1. The summed E-state index contributed by atoms with van der Waals surface area (Å²) in [6.45, 7) is 3.77. The van der Waals surface area contributed by atoms with Crippen LogP contribution in [0, 0.1) is 0 Å². The quantitative estimate of drug-likeness (QED) is 0.333. The van der Waals surface area contributed by atoms with Crippen LogP contribution in [-0.2, 0) is 23.5 Å². The van der Waals surface area contributed by atoms with Crippen molar-refractivity contribution in [3.8, 4) is 0 Å². The van der Waals surface area contributed by atoms with Crippen molar-refractivity contribution in [1.29, 1.82) is 0 Å². The van der Waals surface area contributed by atoms with Crippen LogP contribution in [0.2, 0.25) is 0 Å². The van der Waals surface area contributed by atoms with Crippen molar-refractivity contribution >= 4 is 0 Å². The molecule has 1 fully saturated rings. The predicted octanol–water partition coefficient (Wildman–Crippen LogP) is 1.80. The molecule has 3 rings (SSSR count). The Labute approximate surface area is 161 Å². The topological polar surface area (TPSA) is 64.5 Å². The maximum atomic E-state index is 9.82. The van der Waals surface area contributed by atoms with Crippen LogP contribution < -0.4 is 10.6 Å². The first-order valence-electron chi connectivity index (χ1n) is 8.88. The fourth-order valence-corrected chi connectivity index (χ4v) is 3.02. The van der Waals surface area contributed by atoms with Crippen molar-refractivity contribution in [2.45, 2.75) is 50.5 Å². The molecule has 146 valence electrons. The number of hydrogen-bond donors (Lipinski definition) is 4. The average molecular weight is 386 g/mol. The Kier molecular flexibility index (Phi) is 11.0. The van der Waals surface area contributed by atoms with E-state index in [9.17, 15) is 10.2 Å². The first-order valence-corrected chi connectivity index (χ1v) is 8.88. The zero-order valence-electron chi connectivity index (χ0n) is 14.8. The summed E-state index contributed by atoms with van der Waals surface area (Å²) < 4.78 is 0. The second kappa shape index (κ2) is 12.4. The average Bonchev–Trinajstić information content (AvgIpc) is 3.33. The molecule has 0 radical (unpaired) electrons. The molecule has 0 amide bonds. The minimum absolute atomic E-state index is 0. The smallest absolute Gasteiger partial charge is 0.0967 e. The van der Waals surface area contributed by atoms with Gasteiger partial charge in [-0.2, -0.15) is 17.7 Å². The van der Waals surface area contributed by atoms with E-state index in [1.807, 2.05) is 37.3 Å². The van der Waals surface area contributed by atoms with Crippen LogP contribution in [0.4, 0.5) is 0 Å². The van der Waals surface area contributed by atoms with Gasteiger partial charge in [-0.15, -0.1) is 0 Å². The monoisotopic (exact) mass is 386 g/mol. The molecule has 4 nitrogen and oxygen atoms in total. The summed E-state index contributed by atoms with van der Waals surface area (Å²) in [5.41, 5.74) is 1.40. The van der Waals surface area contributed by atoms with Gasteiger partial charge >= 0.3 is 0 Å². The number of aliphatic hydroxyl groups is 2. The van der Waals surface area contributed by atoms with Gasteiger partial charge in [-0.1, -0.05) is 6.42 Å². The molecular weight excluding hydrogens is 356 g/mol. The van der Waals surface area contributed by atoms with Crippen LogP contribution >= 0.6 is 0 Å². The fourth-order valence-electron chi connectivity index (χ4n) is 3.02. The van der Waals surface area contributed by atoms with Crippen molar-refractivity contribution in [2.75, 3.05) is 13.1 Å². The van der Waals surface area contributed by atoms with Gasteiger partial charge in [0.15, 0.2) is 0 Å². The Morgan fingerprint density at radius 2 is 1.60 bits per heavy atom. The van der Waals surface area contributed by atoms with E-state index < -0.39 is 12.2 Å². The molecule has 0 bridgehead atoms. The van der Waals surface area contributed by atoms with Gasteiger partial charge in [0.2, 0.25) is 0 Å². The molecule has 4 atom stereocenters. The van der Waals surface area contributed by atoms with E-state index in [1.165, 1.54) is 5.56 Å². The maximum Gasteiger partial charge on any atom is 0.0967 e. The first-order chi connectivity index (χ1) is 11.7. The Morgan fingerprint density at radius 1 is 1.00 bits per heavy atom. The summed E-state index contributed by atoms with van der Waals surface area (Å²) in [4.78, 5) is 0. The van der Waals surface area contributed by atoms with E-state index in [2.05, 4.69) is 34.9 Å². The molecule has 4 N–H and O–H groups in total. The molecule has 5 heteroatoms. The molecule has 0 aliphatic carbocycles. The van der Waals surface area contributed by atoms with Crippen LogP contribution in [0.3, 0.4) is 0 Å². The van der Waals surface area contributed by atoms with Gasteiger partial charge in [-0.3, -0.25) is 0 Å². The summed E-state index contributed by atoms with van der Waals surface area (Å²) in [6.07, 6.45) is 1.81. The molecule has 2 aromatic rings. The Hall–Kier alpha value is -0.941. The van der Waals surface area contributed by atoms with Crippen LogP contribution in [-0.4, -0.2) is 47.6 Å². The molecule has 2 aromatic carbocycles. The third-order valence-electron chi connectivity index (χ3n) is 4.49. The minimum atomic E-state index is -0.638. The zero-order chi connectivity index (χ0) is 17.2. The standard InChI is InChI=1S/C15H25N2O2.C5H5.Fe/c1-11-14(18)15(19)13(17-11)8-10-16-9-4-7-12-5-2-3-6-12;1-2-4-5-3-1;/h2-3,5-6,11,13-19H,4,7-10H2,1H3;1-5H;/q-1;-5;/t11-,13-,14+,15-;;/m0../s1. The van der Waals surface area contributed by atoms with Crippen molar-refractivity contribution < 1.29 is 27.3 Å². The van der Waals surface area contributed by atoms with E-state index in [1.54, 1.807) is 0 Å². The first kappa shape index (κ1) is 22.1. The third-order valence-corrected chi connectivity index (χ3v) is 4.49. The Bertz CT molecular complexity index is 499. The van der Waals surface area contributed by atoms with Crippen LogP contribution in [0.15, 0.2) is 54.6 Å². The molecule has 1 aliphatic rings. The number of hydrogen-bond acceptors (Lipinski definition) is 4. The van der Waals surface area contributed by atoms with Crippen LogP contribution in [0.5, 0.6) is 0 Å². The molecule has 0 saturated carbocycles. The molecule has 0 unspecified atom stereocenters. The zero-order valence-corrected chi connectivity index (χ0v) is 15.9. The molecular formula is C20H30FeN2O2-6. The van der Waals surface area contributed by atoms with Crippen molar-refractivity contribution in [1.82, 2.24) is 10.6 Å². The summed E-state index contributed by atoms with van der Waals surface area (Å²) >= 11 is 0. The number of rotatable bonds is 7. The van der Waals surface area contributed by atoms with E-state index in [-0.39, 0.29) is 29.2 Å². The van der Waals surface area contributed by atoms with Crippen LogP contribution in [0.25, 0.3) is 0 Å². The summed E-state index contributed by atoms with van der Waals surface area (Å²) in [5.74, 6) is 0. The molecule has 0 aromatic heterocycles. The van der Waals surface area contributed by atoms with Crippen LogP contribution in [0.1, 0.15) is 25.3 Å². The SMILES string of the molecule is C[C@@H]1N[C@@H](CCNCCC[c-]2cccc2)[C@H](O)[C@@H]1O.[Fe].[cH-]1[cH-][cH-][cH-][cH-]1. The van der Waals surface area contributed by atoms with E-state index in [4.69, 9.17) is 0 Å². The van der Waals surface area contributed by atoms with Gasteiger partial charge in [0.1, 0.15) is 0 Å². The van der Waals surface area contributed by atoms with Crippen molar-refractivity contribution in [3.63, 3.8) is 0 Å². The maximum absolute atomic E-state index is 9.82. The number of nitrogens with one attached hydrogen (secondary N) is 2. The van der Waals surface area contributed by atoms with Crippen molar-refractivity contribution in [3.05, 3.63) is 60.2 Å². The normalized spacial score (nSPS) is 25.1. The number of aliphatic hydroxyl groups excluding tert-OH is 2. The molecule has 1 saturated heterocycles. The molecule has 1 heterocycles. The molecule has 1 aliphatic heterocycles. The van der Waals surface area contributed by atoms with Gasteiger partial charge in [0, 0.05) is 29.2 Å². The minimum Gasteiger partial charge on any atom is -0.748 e. The molecule has 0 spiro atoms. The predicted molar refractivity (Wildman–Crippen MR) is 98.3 cm³/mol. The summed E-state index contributed by atoms with van der Waals surface area (Å²) in [6, 6.07) is 18.4. The second-order valence-electron chi connectivity index (χ2n) is 6.44. The van der Waals surface area contributed by atoms with E-state index >= 15 is 0 Å². The number of aryl methyl sites for hydroxylation is 1. The largest absolute Gasteiger partial charge is 0.748 e. The second-order valence-corrected chi connectivity index (χ2v) is 6.44. The van der Waals surface area contributed by atoms with E-state index in [0.717, 1.165) is 32.4 Å². The molecule has 25 heavy (non-hydrogen) atoms. The fraction of sp³-hybridized carbons (Fsp3) is 0.500. The van der Waals surface area contributed by atoms with Gasteiger partial charge < -0.3 is 51.2 Å². The van der Waals surface area contributed by atoms with Gasteiger partial charge in [0.05, 0.1) is 12.2 Å². The van der Waals surface area contributed by atoms with E-state index in [0.29, 0.717) is 0 Å². The van der Waals surface area contributed by atoms with Crippen molar-refractivity contribution in [2.24, 2.45) is 0 Å². The van der Waals surface area contributed by atoms with Gasteiger partial charge in [-0.25, -0.2) is 12.1 Å². The summed E-state index contributed by atoms with van der Waals surface area (Å²) in [7, 11) is 0. The Balaban J connectivity index is 0.000000448. The Morgan fingerprint density at radius 3 is 2.12 bits per heavy atom. The third kappa shape index (κ3) is 7.87. The van der Waals surface area contributed by atoms with Gasteiger partial charge in [0.25, 0.3) is 0 Å².